The van der Waals surface area contributed by atoms with E-state index in [1.165, 1.54) is 218 Å². The molecule has 0 amide bonds. The minimum Gasteiger partial charge on any atom is -0.748 e. The van der Waals surface area contributed by atoms with Gasteiger partial charge >= 0.3 is 17.9 Å². The molecule has 6 atom stereocenters. The van der Waals surface area contributed by atoms with Gasteiger partial charge in [0.1, 0.15) is 24.9 Å². The molecule has 1 rings (SSSR count). The lowest BCUT2D eigenvalue weighted by molar-refractivity contribution is -0.300. The molecule has 1 heterocycles. The largest absolute Gasteiger partial charge is 0.748 e. The molecule has 0 aromatic carbocycles. The van der Waals surface area contributed by atoms with E-state index >= 15 is 0 Å². The van der Waals surface area contributed by atoms with Crippen molar-refractivity contribution < 1.29 is 61.3 Å². The van der Waals surface area contributed by atoms with E-state index in [2.05, 4.69) is 20.8 Å². The summed E-state index contributed by atoms with van der Waals surface area (Å²) in [5.74, 6) is -2.78. The molecule has 0 radical (unpaired) electrons. The van der Waals surface area contributed by atoms with Crippen molar-refractivity contribution in [3.63, 3.8) is 0 Å². The van der Waals surface area contributed by atoms with Crippen molar-refractivity contribution in [2.75, 3.05) is 19.0 Å². The molecule has 1 aliphatic rings. The van der Waals surface area contributed by atoms with Gasteiger partial charge in [-0.25, -0.2) is 8.42 Å². The molecule has 1 saturated heterocycles. The number of hydrogen-bond donors (Lipinski definition) is 2. The Morgan fingerprint density at radius 2 is 0.709 bits per heavy atom. The molecule has 13 nitrogen and oxygen atoms in total. The second-order valence-corrected chi connectivity index (χ2v) is 25.1. The summed E-state index contributed by atoms with van der Waals surface area (Å²) in [6, 6.07) is 0. The predicted molar refractivity (Wildman–Crippen MR) is 320 cm³/mol. The van der Waals surface area contributed by atoms with E-state index in [0.29, 0.717) is 19.3 Å². The highest BCUT2D eigenvalue weighted by atomic mass is 32.2. The van der Waals surface area contributed by atoms with Crippen LogP contribution in [0.2, 0.25) is 0 Å². The van der Waals surface area contributed by atoms with E-state index in [1.54, 1.807) is 0 Å². The lowest BCUT2D eigenvalue weighted by Crippen LogP contribution is -2.61. The first-order chi connectivity index (χ1) is 38.4. The summed E-state index contributed by atoms with van der Waals surface area (Å²) in [4.78, 5) is 39.3. The number of rotatable bonds is 59. The van der Waals surface area contributed by atoms with Gasteiger partial charge in [0.15, 0.2) is 18.5 Å². The SMILES string of the molecule is CCCCCCCCCCCCCCCCCCCC(=O)OCC(CO[C@H]1O[C@H](CS(=O)(=O)[O-])[C@@H](O)[C@H](O)[C@H]1OC(=O)CCCCCCCCCCCCCCCCCCC)OC(=O)CCCCCCCCCCCCCCC. The third-order valence-corrected chi connectivity index (χ3v) is 16.6. The summed E-state index contributed by atoms with van der Waals surface area (Å²) in [6.07, 6.45) is 47.1. The Morgan fingerprint density at radius 1 is 0.418 bits per heavy atom. The highest BCUT2D eigenvalue weighted by molar-refractivity contribution is 7.85. The van der Waals surface area contributed by atoms with Gasteiger partial charge in [0, 0.05) is 19.3 Å². The van der Waals surface area contributed by atoms with E-state index in [0.717, 1.165) is 64.2 Å². The smallest absolute Gasteiger partial charge is 0.306 e. The normalized spacial score (nSPS) is 18.0. The van der Waals surface area contributed by atoms with Gasteiger partial charge in [0.05, 0.1) is 22.5 Å². The Bertz CT molecular complexity index is 1500. The highest BCUT2D eigenvalue weighted by Crippen LogP contribution is 2.27. The molecule has 0 aromatic rings. The van der Waals surface area contributed by atoms with Gasteiger partial charge in [-0.15, -0.1) is 0 Å². The van der Waals surface area contributed by atoms with Crippen molar-refractivity contribution in [2.24, 2.45) is 0 Å². The average Bonchev–Trinajstić information content (AvgIpc) is 3.45. The van der Waals surface area contributed by atoms with E-state index in [4.69, 9.17) is 23.7 Å². The Labute approximate surface area is 484 Å². The number of unbranched alkanes of at least 4 members (excludes halogenated alkanes) is 44. The third kappa shape index (κ3) is 47.2. The minimum absolute atomic E-state index is 0.0395. The number of carbonyl (C=O) groups is 3. The number of aliphatic hydroxyl groups is 2. The summed E-state index contributed by atoms with van der Waals surface area (Å²) < 4.78 is 64.1. The van der Waals surface area contributed by atoms with Crippen molar-refractivity contribution in [3.05, 3.63) is 0 Å². The zero-order chi connectivity index (χ0) is 57.7. The quantitative estimate of drug-likeness (QED) is 0.0253. The number of esters is 3. The Kier molecular flexibility index (Phi) is 51.5. The van der Waals surface area contributed by atoms with Gasteiger partial charge in [-0.2, -0.15) is 0 Å². The van der Waals surface area contributed by atoms with Crippen LogP contribution in [0.1, 0.15) is 342 Å². The first-order valence-corrected chi connectivity index (χ1v) is 35.1. The topological polar surface area (TPSA) is 195 Å². The Balaban J connectivity index is 2.69. The summed E-state index contributed by atoms with van der Waals surface area (Å²) >= 11 is 0. The maximum atomic E-state index is 13.2. The van der Waals surface area contributed by atoms with Gasteiger partial charge in [0.25, 0.3) is 0 Å². The van der Waals surface area contributed by atoms with Gasteiger partial charge in [-0.05, 0) is 19.3 Å². The molecule has 0 aliphatic carbocycles. The molecule has 1 fully saturated rings. The molecular formula is C65H123O13S-. The van der Waals surface area contributed by atoms with Gasteiger partial charge in [0.2, 0.25) is 0 Å². The van der Waals surface area contributed by atoms with E-state index in [1.807, 2.05) is 0 Å². The molecule has 0 aromatic heterocycles. The second kappa shape index (κ2) is 54.1. The fourth-order valence-corrected chi connectivity index (χ4v) is 11.5. The molecule has 14 heteroatoms. The van der Waals surface area contributed by atoms with Crippen LogP contribution in [0, 0.1) is 0 Å². The van der Waals surface area contributed by atoms with Gasteiger partial charge in [-0.3, -0.25) is 14.4 Å². The van der Waals surface area contributed by atoms with Crippen LogP contribution in [0.3, 0.4) is 0 Å². The molecule has 0 bridgehead atoms. The maximum Gasteiger partial charge on any atom is 0.306 e. The predicted octanol–water partition coefficient (Wildman–Crippen LogP) is 16.9. The summed E-state index contributed by atoms with van der Waals surface area (Å²) in [5, 5.41) is 22.0. The highest BCUT2D eigenvalue weighted by Gasteiger charge is 2.48. The Hall–Kier alpha value is -1.84. The minimum atomic E-state index is -4.93. The number of ether oxygens (including phenoxy) is 5. The standard InChI is InChI=1S/C65H124O13S/c1-4-7-10-13-16-19-22-25-27-29-31-34-36-39-42-45-48-51-59(66)74-54-57(76-60(67)52-49-46-43-40-37-33-24-21-18-15-12-9-6-3)55-75-65-64(63(70)62(69)58(77-65)56-79(71,72)73)78-61(68)53-50-47-44-41-38-35-32-30-28-26-23-20-17-14-11-8-5-2/h57-58,62-65,69-70H,4-56H2,1-3H3,(H,71,72,73)/p-1/t57?,58-,62-,63+,64-,65+/m1/s1. The van der Waals surface area contributed by atoms with Crippen molar-refractivity contribution in [1.82, 2.24) is 0 Å². The maximum absolute atomic E-state index is 13.2. The Morgan fingerprint density at radius 3 is 1.03 bits per heavy atom. The summed E-state index contributed by atoms with van der Waals surface area (Å²) in [7, 11) is -4.93. The molecule has 1 aliphatic heterocycles. The molecule has 468 valence electrons. The third-order valence-electron chi connectivity index (χ3n) is 15.9. The number of aliphatic hydroxyl groups excluding tert-OH is 2. The first kappa shape index (κ1) is 75.2. The van der Waals surface area contributed by atoms with Crippen molar-refractivity contribution in [2.45, 2.75) is 379 Å². The molecular weight excluding hydrogens is 1020 g/mol. The molecule has 0 saturated carbocycles. The van der Waals surface area contributed by atoms with E-state index < -0.39 is 77.2 Å². The van der Waals surface area contributed by atoms with Gasteiger partial charge < -0.3 is 38.5 Å². The number of hydrogen-bond acceptors (Lipinski definition) is 13. The molecule has 1 unspecified atom stereocenters. The summed E-state index contributed by atoms with van der Waals surface area (Å²) in [6.45, 7) is 5.98. The van der Waals surface area contributed by atoms with Crippen LogP contribution in [-0.2, 0) is 48.2 Å². The zero-order valence-corrected chi connectivity index (χ0v) is 52.1. The van der Waals surface area contributed by atoms with Crippen LogP contribution in [0.15, 0.2) is 0 Å². The van der Waals surface area contributed by atoms with Gasteiger partial charge in [-0.1, -0.05) is 303 Å². The van der Waals surface area contributed by atoms with Crippen LogP contribution in [0.4, 0.5) is 0 Å². The van der Waals surface area contributed by atoms with Crippen LogP contribution in [-0.4, -0.2) is 96.9 Å². The van der Waals surface area contributed by atoms with Crippen LogP contribution in [0.5, 0.6) is 0 Å². The van der Waals surface area contributed by atoms with Crippen LogP contribution in [0.25, 0.3) is 0 Å². The van der Waals surface area contributed by atoms with Crippen molar-refractivity contribution >= 4 is 28.0 Å². The lowest BCUT2D eigenvalue weighted by Gasteiger charge is -2.42. The van der Waals surface area contributed by atoms with Crippen molar-refractivity contribution in [1.29, 1.82) is 0 Å². The van der Waals surface area contributed by atoms with E-state index in [9.17, 15) is 37.6 Å². The zero-order valence-electron chi connectivity index (χ0n) is 51.2. The lowest BCUT2D eigenvalue weighted by atomic mass is 9.99. The van der Waals surface area contributed by atoms with Crippen molar-refractivity contribution in [3.8, 4) is 0 Å². The molecule has 79 heavy (non-hydrogen) atoms. The summed E-state index contributed by atoms with van der Waals surface area (Å²) in [5.41, 5.74) is 0. The van der Waals surface area contributed by atoms with Crippen LogP contribution < -0.4 is 0 Å². The number of carbonyl (C=O) groups excluding carboxylic acids is 3. The van der Waals surface area contributed by atoms with E-state index in [-0.39, 0.29) is 25.9 Å². The van der Waals surface area contributed by atoms with Crippen LogP contribution >= 0.6 is 0 Å². The fourth-order valence-electron chi connectivity index (χ4n) is 10.8. The monoisotopic (exact) mass is 1140 g/mol. The first-order valence-electron chi connectivity index (χ1n) is 33.5. The average molecular weight is 1140 g/mol. The second-order valence-electron chi connectivity index (χ2n) is 23.6. The molecule has 2 N–H and O–H groups in total. The fraction of sp³-hybridized carbons (Fsp3) is 0.954. The molecule has 0 spiro atoms.